The van der Waals surface area contributed by atoms with Gasteiger partial charge in [-0.2, -0.15) is 5.26 Å². The van der Waals surface area contributed by atoms with Gasteiger partial charge in [0.05, 0.1) is 29.2 Å². The van der Waals surface area contributed by atoms with Gasteiger partial charge in [-0.15, -0.1) is 11.8 Å². The summed E-state index contributed by atoms with van der Waals surface area (Å²) < 4.78 is 4.79. The minimum Gasteiger partial charge on any atom is -0.465 e. The number of nitrogens with zero attached hydrogens (tertiary/aromatic N) is 1. The van der Waals surface area contributed by atoms with Gasteiger partial charge in [-0.3, -0.25) is 9.59 Å². The number of hydrogen-bond donors (Lipinski definition) is 1. The Morgan fingerprint density at radius 3 is 2.60 bits per heavy atom. The molecule has 1 amide bonds. The first-order chi connectivity index (χ1) is 9.56. The number of amides is 1. The predicted molar refractivity (Wildman–Crippen MR) is 78.3 cm³/mol. The average molecular weight is 292 g/mol. The van der Waals surface area contributed by atoms with Crippen LogP contribution in [0.25, 0.3) is 0 Å². The summed E-state index contributed by atoms with van der Waals surface area (Å²) in [4.78, 5) is 23.1. The van der Waals surface area contributed by atoms with Crippen LogP contribution >= 0.6 is 11.8 Å². The maximum atomic E-state index is 11.9. The third-order valence-corrected chi connectivity index (χ3v) is 3.52. The van der Waals surface area contributed by atoms with Crippen LogP contribution in [0.15, 0.2) is 24.3 Å². The first-order valence-corrected chi connectivity index (χ1v) is 7.20. The molecule has 1 N–H and O–H groups in total. The molecule has 6 heteroatoms. The van der Waals surface area contributed by atoms with Crippen LogP contribution in [0, 0.1) is 11.3 Å². The first kappa shape index (κ1) is 16.1. The number of benzene rings is 1. The minimum absolute atomic E-state index is 0.149. The number of nitrogens with one attached hydrogen (secondary N) is 1. The highest BCUT2D eigenvalue weighted by molar-refractivity contribution is 8.01. The Bertz CT molecular complexity index is 508. The Hall–Kier alpha value is -2.00. The van der Waals surface area contributed by atoms with Gasteiger partial charge in [-0.25, -0.2) is 0 Å². The lowest BCUT2D eigenvalue weighted by atomic mass is 10.2. The Labute approximate surface area is 122 Å². The maximum absolute atomic E-state index is 11.9. The fourth-order valence-corrected chi connectivity index (χ4v) is 2.02. The molecule has 0 saturated heterocycles. The summed E-state index contributed by atoms with van der Waals surface area (Å²) in [5.41, 5.74) is 1.16. The van der Waals surface area contributed by atoms with Crippen molar-refractivity contribution in [1.29, 1.82) is 5.26 Å². The molecular weight excluding hydrogens is 276 g/mol. The second-order valence-corrected chi connectivity index (χ2v) is 5.27. The van der Waals surface area contributed by atoms with Gasteiger partial charge in [0, 0.05) is 5.69 Å². The van der Waals surface area contributed by atoms with Gasteiger partial charge >= 0.3 is 5.97 Å². The van der Waals surface area contributed by atoms with Crippen molar-refractivity contribution >= 4 is 29.3 Å². The second kappa shape index (κ2) is 8.23. The molecule has 0 saturated carbocycles. The highest BCUT2D eigenvalue weighted by atomic mass is 32.2. The van der Waals surface area contributed by atoms with E-state index in [2.05, 4.69) is 5.32 Å². The Morgan fingerprint density at radius 2 is 2.05 bits per heavy atom. The van der Waals surface area contributed by atoms with E-state index in [1.165, 1.54) is 11.8 Å². The van der Waals surface area contributed by atoms with Crippen molar-refractivity contribution in [2.45, 2.75) is 19.1 Å². The zero-order valence-corrected chi connectivity index (χ0v) is 12.2. The Balaban J connectivity index is 2.44. The van der Waals surface area contributed by atoms with Crippen LogP contribution in [0.2, 0.25) is 0 Å². The fourth-order valence-electron chi connectivity index (χ4n) is 1.34. The van der Waals surface area contributed by atoms with E-state index >= 15 is 0 Å². The number of carbonyl (C=O) groups excluding carboxylic acids is 2. The fraction of sp³-hybridized carbons (Fsp3) is 0.357. The molecular formula is C14H16N2O3S. The average Bonchev–Trinajstić information content (AvgIpc) is 2.45. The van der Waals surface area contributed by atoms with E-state index in [9.17, 15) is 9.59 Å². The molecule has 1 unspecified atom stereocenters. The van der Waals surface area contributed by atoms with E-state index in [0.29, 0.717) is 17.9 Å². The zero-order chi connectivity index (χ0) is 15.0. The van der Waals surface area contributed by atoms with E-state index in [-0.39, 0.29) is 22.9 Å². The molecule has 0 spiro atoms. The number of hydrogen-bond acceptors (Lipinski definition) is 5. The van der Waals surface area contributed by atoms with Crippen molar-refractivity contribution in [2.24, 2.45) is 0 Å². The normalized spacial score (nSPS) is 11.2. The third kappa shape index (κ3) is 5.33. The first-order valence-electron chi connectivity index (χ1n) is 6.15. The molecule has 1 aromatic rings. The van der Waals surface area contributed by atoms with Crippen LogP contribution < -0.4 is 5.32 Å². The number of nitriles is 1. The summed E-state index contributed by atoms with van der Waals surface area (Å²) in [5, 5.41) is 11.0. The zero-order valence-electron chi connectivity index (χ0n) is 11.4. The topological polar surface area (TPSA) is 79.2 Å². The summed E-state index contributed by atoms with van der Waals surface area (Å²) in [5.74, 6) is -0.366. The lowest BCUT2D eigenvalue weighted by molar-refractivity contribution is -0.139. The summed E-state index contributed by atoms with van der Waals surface area (Å²) in [6.07, 6.45) is 0. The molecule has 1 rings (SSSR count). The van der Waals surface area contributed by atoms with Gasteiger partial charge in [0.15, 0.2) is 0 Å². The van der Waals surface area contributed by atoms with Crippen LogP contribution in [0.1, 0.15) is 19.4 Å². The lowest BCUT2D eigenvalue weighted by Crippen LogP contribution is -2.24. The number of rotatable bonds is 6. The number of ether oxygens (including phenoxy) is 1. The third-order valence-electron chi connectivity index (χ3n) is 2.41. The minimum atomic E-state index is -0.366. The molecule has 0 heterocycles. The van der Waals surface area contributed by atoms with Crippen molar-refractivity contribution in [1.82, 2.24) is 0 Å². The van der Waals surface area contributed by atoms with Crippen molar-refractivity contribution in [3.8, 4) is 6.07 Å². The maximum Gasteiger partial charge on any atom is 0.315 e. The van der Waals surface area contributed by atoms with Crippen molar-refractivity contribution in [3.63, 3.8) is 0 Å². The molecule has 5 nitrogen and oxygen atoms in total. The molecule has 0 aliphatic rings. The van der Waals surface area contributed by atoms with Gasteiger partial charge in [-0.05, 0) is 38.1 Å². The van der Waals surface area contributed by atoms with E-state index in [1.807, 2.05) is 6.07 Å². The Morgan fingerprint density at radius 1 is 1.40 bits per heavy atom. The van der Waals surface area contributed by atoms with E-state index in [4.69, 9.17) is 10.00 Å². The van der Waals surface area contributed by atoms with Gasteiger partial charge in [0.25, 0.3) is 0 Å². The smallest absolute Gasteiger partial charge is 0.315 e. The monoisotopic (exact) mass is 292 g/mol. The lowest BCUT2D eigenvalue weighted by Gasteiger charge is -2.11. The van der Waals surface area contributed by atoms with Gasteiger partial charge in [0.2, 0.25) is 5.91 Å². The van der Waals surface area contributed by atoms with Crippen LogP contribution in [-0.4, -0.2) is 29.5 Å². The largest absolute Gasteiger partial charge is 0.465 e. The SMILES string of the molecule is CCOC(=O)CSC(C)C(=O)Nc1ccc(C#N)cc1. The summed E-state index contributed by atoms with van der Waals surface area (Å²) >= 11 is 1.22. The van der Waals surface area contributed by atoms with Crippen LogP contribution in [-0.2, 0) is 14.3 Å². The molecule has 1 atom stereocenters. The van der Waals surface area contributed by atoms with Crippen molar-refractivity contribution < 1.29 is 14.3 Å². The number of anilines is 1. The second-order valence-electron chi connectivity index (χ2n) is 3.94. The molecule has 0 fully saturated rings. The van der Waals surface area contributed by atoms with Crippen LogP contribution in [0.3, 0.4) is 0 Å². The summed E-state index contributed by atoms with van der Waals surface area (Å²) in [6, 6.07) is 8.60. The number of thioether (sulfide) groups is 1. The van der Waals surface area contributed by atoms with Gasteiger partial charge < -0.3 is 10.1 Å². The molecule has 106 valence electrons. The van der Waals surface area contributed by atoms with Crippen molar-refractivity contribution in [2.75, 3.05) is 17.7 Å². The van der Waals surface area contributed by atoms with Crippen LogP contribution in [0.4, 0.5) is 5.69 Å². The highest BCUT2D eigenvalue weighted by Crippen LogP contribution is 2.15. The van der Waals surface area contributed by atoms with Crippen LogP contribution in [0.5, 0.6) is 0 Å². The molecule has 0 aromatic heterocycles. The molecule has 0 aliphatic heterocycles. The van der Waals surface area contributed by atoms with Gasteiger partial charge in [-0.1, -0.05) is 0 Å². The molecule has 0 aliphatic carbocycles. The standard InChI is InChI=1S/C14H16N2O3S/c1-3-19-13(17)9-20-10(2)14(18)16-12-6-4-11(8-15)5-7-12/h4-7,10H,3,9H2,1-2H3,(H,16,18). The van der Waals surface area contributed by atoms with Crippen molar-refractivity contribution in [3.05, 3.63) is 29.8 Å². The van der Waals surface area contributed by atoms with E-state index in [1.54, 1.807) is 38.1 Å². The Kier molecular flexibility index (Phi) is 6.60. The van der Waals surface area contributed by atoms with E-state index < -0.39 is 0 Å². The number of esters is 1. The summed E-state index contributed by atoms with van der Waals surface area (Å²) in [7, 11) is 0. The number of carbonyl (C=O) groups is 2. The predicted octanol–water partition coefficient (Wildman–Crippen LogP) is 2.18. The van der Waals surface area contributed by atoms with Gasteiger partial charge in [0.1, 0.15) is 0 Å². The highest BCUT2D eigenvalue weighted by Gasteiger charge is 2.15. The molecule has 1 aromatic carbocycles. The molecule has 0 radical (unpaired) electrons. The quantitative estimate of drug-likeness (QED) is 0.813. The molecule has 20 heavy (non-hydrogen) atoms. The summed E-state index contributed by atoms with van der Waals surface area (Å²) in [6.45, 7) is 3.80. The molecule has 0 bridgehead atoms. The van der Waals surface area contributed by atoms with E-state index in [0.717, 1.165) is 0 Å².